The topological polar surface area (TPSA) is 6.48 Å². The average molecular weight is 609 g/mol. The van der Waals surface area contributed by atoms with Gasteiger partial charge in [0.2, 0.25) is 0 Å². The van der Waals surface area contributed by atoms with Gasteiger partial charge in [-0.25, -0.2) is 0 Å². The second kappa shape index (κ2) is 13.0. The van der Waals surface area contributed by atoms with Gasteiger partial charge in [0.05, 0.1) is 0 Å². The second-order valence-corrected chi connectivity index (χ2v) is 15.0. The zero-order valence-corrected chi connectivity index (χ0v) is 28.0. The molecule has 0 radical (unpaired) electrons. The van der Waals surface area contributed by atoms with Crippen LogP contribution in [0.3, 0.4) is 0 Å². The number of hydrogen-bond acceptors (Lipinski definition) is 2. The van der Waals surface area contributed by atoms with Crippen molar-refractivity contribution < 1.29 is 0 Å². The van der Waals surface area contributed by atoms with Crippen LogP contribution in [0, 0.1) is 17.8 Å². The lowest BCUT2D eigenvalue weighted by molar-refractivity contribution is 0.128. The van der Waals surface area contributed by atoms with Crippen molar-refractivity contribution in [2.75, 3.05) is 4.90 Å². The molecular weight excluding hydrogens is 556 g/mol. The number of allylic oxidation sites excluding steroid dienone is 10. The lowest BCUT2D eigenvalue weighted by Crippen LogP contribution is -2.50. The standard InChI is InChI=1S/C44H52N2/c1-31-12-11-18-41-40-17-9-10-19-43(40)46(44(31)41)39-27-22-35(23-28-39)36-24-29-42(32(2)30-36)45(37-15-7-4-8-16-37)38-25-20-34(21-26-38)33-13-5-3-6-14-33/h4,7-8,10,13,15,19-25,27-32,37-38,41-42,44H,3,5-6,9,11-12,14,16-18,26H2,1-2H3. The number of fused-ring (bicyclic) bond motifs is 2. The van der Waals surface area contributed by atoms with Gasteiger partial charge < -0.3 is 4.90 Å². The molecular formula is C44H52N2. The number of rotatable bonds is 6. The Balaban J connectivity index is 1.01. The van der Waals surface area contributed by atoms with Crippen LogP contribution in [0.2, 0.25) is 0 Å². The molecule has 0 amide bonds. The maximum Gasteiger partial charge on any atom is 0.0433 e. The average Bonchev–Trinajstić information content (AvgIpc) is 3.46. The molecule has 0 aromatic heterocycles. The third-order valence-corrected chi connectivity index (χ3v) is 12.1. The molecule has 2 heteroatoms. The smallest absolute Gasteiger partial charge is 0.0433 e. The van der Waals surface area contributed by atoms with E-state index in [-0.39, 0.29) is 0 Å². The summed E-state index contributed by atoms with van der Waals surface area (Å²) in [7, 11) is 0. The first-order valence-electron chi connectivity index (χ1n) is 18.5. The number of benzene rings is 1. The van der Waals surface area contributed by atoms with E-state index < -0.39 is 0 Å². The van der Waals surface area contributed by atoms with Gasteiger partial charge in [0.25, 0.3) is 0 Å². The number of nitrogens with zero attached hydrogens (tertiary/aromatic N) is 2. The molecule has 7 aliphatic rings. The van der Waals surface area contributed by atoms with Gasteiger partial charge >= 0.3 is 0 Å². The summed E-state index contributed by atoms with van der Waals surface area (Å²) in [5.41, 5.74) is 10.4. The summed E-state index contributed by atoms with van der Waals surface area (Å²) in [5, 5.41) is 0. The first-order valence-corrected chi connectivity index (χ1v) is 18.5. The van der Waals surface area contributed by atoms with Crippen LogP contribution in [0.1, 0.15) is 90.0 Å². The third kappa shape index (κ3) is 5.62. The fourth-order valence-electron chi connectivity index (χ4n) is 9.80. The largest absolute Gasteiger partial charge is 0.338 e. The summed E-state index contributed by atoms with van der Waals surface area (Å²) in [6, 6.07) is 11.4. The Morgan fingerprint density at radius 3 is 2.37 bits per heavy atom. The van der Waals surface area contributed by atoms with E-state index in [1.54, 1.807) is 11.1 Å². The van der Waals surface area contributed by atoms with Crippen molar-refractivity contribution in [2.24, 2.45) is 17.8 Å². The molecule has 8 rings (SSSR count). The zero-order valence-electron chi connectivity index (χ0n) is 28.0. The van der Waals surface area contributed by atoms with E-state index in [0.29, 0.717) is 30.1 Å². The third-order valence-electron chi connectivity index (χ3n) is 12.1. The number of anilines is 1. The molecule has 46 heavy (non-hydrogen) atoms. The molecule has 1 aliphatic heterocycles. The highest BCUT2D eigenvalue weighted by molar-refractivity contribution is 5.77. The van der Waals surface area contributed by atoms with E-state index in [1.807, 2.05) is 0 Å². The summed E-state index contributed by atoms with van der Waals surface area (Å²) >= 11 is 0. The molecule has 6 aliphatic carbocycles. The molecule has 2 nitrogen and oxygen atoms in total. The number of hydrogen-bond donors (Lipinski definition) is 0. The Kier molecular flexibility index (Phi) is 8.50. The van der Waals surface area contributed by atoms with Crippen molar-refractivity contribution in [2.45, 2.75) is 109 Å². The molecule has 1 aromatic rings. The molecule has 0 bridgehead atoms. The van der Waals surface area contributed by atoms with E-state index in [4.69, 9.17) is 0 Å². The van der Waals surface area contributed by atoms with Crippen LogP contribution >= 0.6 is 0 Å². The van der Waals surface area contributed by atoms with E-state index in [9.17, 15) is 0 Å². The normalized spacial score (nSPS) is 33.6. The Labute approximate surface area is 278 Å². The Bertz CT molecular complexity index is 1590. The van der Waals surface area contributed by atoms with Crippen molar-refractivity contribution in [1.82, 2.24) is 4.90 Å². The minimum absolute atomic E-state index is 0.375. The van der Waals surface area contributed by atoms with Crippen LogP contribution in [0.25, 0.3) is 5.57 Å². The van der Waals surface area contributed by atoms with Crippen LogP contribution in [0.5, 0.6) is 0 Å². The van der Waals surface area contributed by atoms with Crippen molar-refractivity contribution in [3.05, 3.63) is 131 Å². The van der Waals surface area contributed by atoms with Crippen LogP contribution in [-0.4, -0.2) is 29.1 Å². The van der Waals surface area contributed by atoms with E-state index in [0.717, 1.165) is 24.7 Å². The molecule has 0 saturated heterocycles. The van der Waals surface area contributed by atoms with Gasteiger partial charge in [-0.3, -0.25) is 4.90 Å². The molecule has 7 atom stereocenters. The fraction of sp³-hybridized carbons (Fsp3) is 0.455. The fourth-order valence-corrected chi connectivity index (χ4v) is 9.80. The first kappa shape index (κ1) is 30.0. The van der Waals surface area contributed by atoms with E-state index >= 15 is 0 Å². The lowest BCUT2D eigenvalue weighted by atomic mass is 9.74. The molecule has 1 fully saturated rings. The molecule has 1 heterocycles. The Morgan fingerprint density at radius 2 is 1.61 bits per heavy atom. The van der Waals surface area contributed by atoms with Gasteiger partial charge in [-0.15, -0.1) is 0 Å². The molecule has 0 N–H and O–H groups in total. The highest BCUT2D eigenvalue weighted by Crippen LogP contribution is 2.50. The summed E-state index contributed by atoms with van der Waals surface area (Å²) in [5.74, 6) is 1.91. The molecule has 238 valence electrons. The quantitative estimate of drug-likeness (QED) is 0.317. The van der Waals surface area contributed by atoms with Gasteiger partial charge in [0.1, 0.15) is 0 Å². The molecule has 1 saturated carbocycles. The van der Waals surface area contributed by atoms with Crippen LogP contribution < -0.4 is 4.90 Å². The minimum Gasteiger partial charge on any atom is -0.338 e. The van der Waals surface area contributed by atoms with Crippen LogP contribution in [0.4, 0.5) is 5.69 Å². The van der Waals surface area contributed by atoms with Crippen molar-refractivity contribution in [1.29, 1.82) is 0 Å². The summed E-state index contributed by atoms with van der Waals surface area (Å²) in [4.78, 5) is 5.52. The van der Waals surface area contributed by atoms with Gasteiger partial charge in [-0.1, -0.05) is 105 Å². The lowest BCUT2D eigenvalue weighted by Gasteiger charge is -2.44. The highest BCUT2D eigenvalue weighted by Gasteiger charge is 2.45. The first-order chi connectivity index (χ1) is 22.7. The predicted molar refractivity (Wildman–Crippen MR) is 195 cm³/mol. The van der Waals surface area contributed by atoms with Gasteiger partial charge in [-0.2, -0.15) is 0 Å². The summed E-state index contributed by atoms with van der Waals surface area (Å²) in [6.45, 7) is 4.92. The SMILES string of the molecule is CC1C=C(c2ccc(N3C4=C(CCC=C4)C4CCCC(C)C43)cc2)C=CC1N(C1C=CC=CC1)C1C=CC(C2=CCCCC2)=CC1. The zero-order chi connectivity index (χ0) is 31.0. The Morgan fingerprint density at radius 1 is 0.739 bits per heavy atom. The van der Waals surface area contributed by atoms with Crippen molar-refractivity contribution in [3.8, 4) is 0 Å². The van der Waals surface area contributed by atoms with E-state index in [2.05, 4.69) is 127 Å². The minimum atomic E-state index is 0.375. The van der Waals surface area contributed by atoms with Crippen LogP contribution in [0.15, 0.2) is 126 Å². The molecule has 0 spiro atoms. The summed E-state index contributed by atoms with van der Waals surface area (Å²) < 4.78 is 0. The van der Waals surface area contributed by atoms with Gasteiger partial charge in [0, 0.05) is 41.5 Å². The predicted octanol–water partition coefficient (Wildman–Crippen LogP) is 10.8. The molecule has 7 unspecified atom stereocenters. The second-order valence-electron chi connectivity index (χ2n) is 15.0. The monoisotopic (exact) mass is 608 g/mol. The van der Waals surface area contributed by atoms with Crippen molar-refractivity contribution >= 4 is 11.3 Å². The van der Waals surface area contributed by atoms with Crippen molar-refractivity contribution in [3.63, 3.8) is 0 Å². The van der Waals surface area contributed by atoms with E-state index in [1.165, 1.54) is 85.9 Å². The Hall–Kier alpha value is -3.36. The highest BCUT2D eigenvalue weighted by atomic mass is 15.2. The van der Waals surface area contributed by atoms with Crippen LogP contribution in [-0.2, 0) is 0 Å². The molecule has 1 aromatic carbocycles. The van der Waals surface area contributed by atoms with Gasteiger partial charge in [-0.05, 0) is 122 Å². The maximum atomic E-state index is 2.80. The van der Waals surface area contributed by atoms with Gasteiger partial charge in [0.15, 0.2) is 0 Å². The maximum absolute atomic E-state index is 2.80. The summed E-state index contributed by atoms with van der Waals surface area (Å²) in [6.07, 6.45) is 45.4.